The zero-order chi connectivity index (χ0) is 13.1. The lowest BCUT2D eigenvalue weighted by Crippen LogP contribution is -2.03. The maximum absolute atomic E-state index is 10.1. The van der Waals surface area contributed by atoms with Crippen molar-refractivity contribution in [3.05, 3.63) is 72.4 Å². The Morgan fingerprint density at radius 2 is 1.95 bits per heavy atom. The van der Waals surface area contributed by atoms with Gasteiger partial charge in [0.05, 0.1) is 17.6 Å². The monoisotopic (exact) mass is 254 g/mol. The Bertz CT molecular complexity index is 629. The molecule has 1 N–H and O–H groups in total. The van der Waals surface area contributed by atoms with Crippen LogP contribution in [0.25, 0.3) is 5.69 Å². The largest absolute Gasteiger partial charge is 0.469 e. The lowest BCUT2D eigenvalue weighted by molar-refractivity contribution is 0.165. The smallest absolute Gasteiger partial charge is 0.106 e. The van der Waals surface area contributed by atoms with Crippen LogP contribution in [0.5, 0.6) is 0 Å². The number of hydrogen-bond acceptors (Lipinski definition) is 3. The molecular weight excluding hydrogens is 240 g/mol. The van der Waals surface area contributed by atoms with Gasteiger partial charge in [-0.05, 0) is 30.3 Å². The average molecular weight is 254 g/mol. The molecule has 3 aromatic rings. The summed E-state index contributed by atoms with van der Waals surface area (Å²) >= 11 is 0. The van der Waals surface area contributed by atoms with Gasteiger partial charge in [0.1, 0.15) is 11.9 Å². The van der Waals surface area contributed by atoms with Crippen molar-refractivity contribution < 1.29 is 9.52 Å². The second kappa shape index (κ2) is 5.12. The van der Waals surface area contributed by atoms with Crippen molar-refractivity contribution in [3.8, 4) is 5.69 Å². The molecular formula is C15H14N2O2. The summed E-state index contributed by atoms with van der Waals surface area (Å²) in [5.74, 6) is 0.752. The highest BCUT2D eigenvalue weighted by atomic mass is 16.3. The predicted octanol–water partition coefficient (Wildman–Crippen LogP) is 2.74. The van der Waals surface area contributed by atoms with Crippen LogP contribution < -0.4 is 0 Å². The van der Waals surface area contributed by atoms with Crippen molar-refractivity contribution in [2.24, 2.45) is 0 Å². The first kappa shape index (κ1) is 11.7. The van der Waals surface area contributed by atoms with Gasteiger partial charge in [0.2, 0.25) is 0 Å². The molecule has 19 heavy (non-hydrogen) atoms. The molecule has 0 aliphatic heterocycles. The topological polar surface area (TPSA) is 51.2 Å². The van der Waals surface area contributed by atoms with Crippen molar-refractivity contribution in [2.45, 2.75) is 12.5 Å². The summed E-state index contributed by atoms with van der Waals surface area (Å²) in [6.07, 6.45) is 3.22. The first-order chi connectivity index (χ1) is 9.33. The van der Waals surface area contributed by atoms with Gasteiger partial charge in [-0.3, -0.25) is 0 Å². The summed E-state index contributed by atoms with van der Waals surface area (Å²) in [6.45, 7) is 0. The predicted molar refractivity (Wildman–Crippen MR) is 70.9 cm³/mol. The van der Waals surface area contributed by atoms with Crippen molar-refractivity contribution in [1.29, 1.82) is 0 Å². The minimum atomic E-state index is -0.656. The van der Waals surface area contributed by atoms with Crippen molar-refractivity contribution in [2.75, 3.05) is 0 Å². The molecule has 3 rings (SSSR count). The molecule has 1 unspecified atom stereocenters. The number of rotatable bonds is 4. The van der Waals surface area contributed by atoms with Gasteiger partial charge in [-0.25, -0.2) is 4.68 Å². The second-order valence-electron chi connectivity index (χ2n) is 4.32. The molecule has 0 fully saturated rings. The van der Waals surface area contributed by atoms with Crippen LogP contribution in [-0.2, 0) is 6.42 Å². The average Bonchev–Trinajstić information content (AvgIpc) is 3.10. The number of benzene rings is 1. The van der Waals surface area contributed by atoms with E-state index in [1.807, 2.05) is 54.7 Å². The van der Waals surface area contributed by atoms with Crippen LogP contribution in [0.1, 0.15) is 17.6 Å². The highest BCUT2D eigenvalue weighted by molar-refractivity contribution is 5.30. The SMILES string of the molecule is OC(Cc1ccco1)c1ccn(-c2ccccc2)n1. The fraction of sp³-hybridized carbons (Fsp3) is 0.133. The summed E-state index contributed by atoms with van der Waals surface area (Å²) in [5, 5.41) is 14.5. The first-order valence-corrected chi connectivity index (χ1v) is 6.14. The van der Waals surface area contributed by atoms with Crippen LogP contribution >= 0.6 is 0 Å². The third-order valence-corrected chi connectivity index (χ3v) is 2.95. The number of furan rings is 1. The molecule has 4 nitrogen and oxygen atoms in total. The van der Waals surface area contributed by atoms with Gasteiger partial charge in [0, 0.05) is 12.6 Å². The van der Waals surface area contributed by atoms with E-state index in [4.69, 9.17) is 4.42 Å². The Labute approximate surface area is 110 Å². The standard InChI is InChI=1S/C15H14N2O2/c18-15(11-13-7-4-10-19-13)14-8-9-17(16-14)12-5-2-1-3-6-12/h1-10,15,18H,11H2. The van der Waals surface area contributed by atoms with Crippen molar-refractivity contribution in [3.63, 3.8) is 0 Å². The minimum Gasteiger partial charge on any atom is -0.469 e. The van der Waals surface area contributed by atoms with Gasteiger partial charge >= 0.3 is 0 Å². The third-order valence-electron chi connectivity index (χ3n) is 2.95. The number of aliphatic hydroxyl groups is 1. The Morgan fingerprint density at radius 3 is 2.68 bits per heavy atom. The molecule has 0 aliphatic carbocycles. The van der Waals surface area contributed by atoms with Gasteiger partial charge in [0.15, 0.2) is 0 Å². The summed E-state index contributed by atoms with van der Waals surface area (Å²) < 4.78 is 6.97. The number of para-hydroxylation sites is 1. The molecule has 0 spiro atoms. The molecule has 0 saturated carbocycles. The number of hydrogen-bond donors (Lipinski definition) is 1. The van der Waals surface area contributed by atoms with E-state index in [9.17, 15) is 5.11 Å². The van der Waals surface area contributed by atoms with Crippen molar-refractivity contribution >= 4 is 0 Å². The summed E-state index contributed by atoms with van der Waals surface area (Å²) in [6, 6.07) is 15.3. The Balaban J connectivity index is 1.78. The molecule has 0 radical (unpaired) electrons. The van der Waals surface area contributed by atoms with E-state index < -0.39 is 6.10 Å². The highest BCUT2D eigenvalue weighted by Gasteiger charge is 2.13. The summed E-state index contributed by atoms with van der Waals surface area (Å²) in [5.41, 5.74) is 1.61. The number of aromatic nitrogens is 2. The molecule has 96 valence electrons. The zero-order valence-corrected chi connectivity index (χ0v) is 10.3. The number of nitrogens with zero attached hydrogens (tertiary/aromatic N) is 2. The van der Waals surface area contributed by atoms with E-state index in [1.54, 1.807) is 10.9 Å². The lowest BCUT2D eigenvalue weighted by Gasteiger charge is -2.05. The number of aliphatic hydroxyl groups excluding tert-OH is 1. The normalized spacial score (nSPS) is 12.5. The van der Waals surface area contributed by atoms with E-state index in [-0.39, 0.29) is 0 Å². The Kier molecular flexibility index (Phi) is 3.16. The van der Waals surface area contributed by atoms with Crippen LogP contribution in [0.3, 0.4) is 0 Å². The van der Waals surface area contributed by atoms with Crippen molar-refractivity contribution in [1.82, 2.24) is 9.78 Å². The van der Waals surface area contributed by atoms with Gasteiger partial charge in [-0.1, -0.05) is 18.2 Å². The molecule has 0 amide bonds. The second-order valence-corrected chi connectivity index (χ2v) is 4.32. The first-order valence-electron chi connectivity index (χ1n) is 6.14. The van der Waals surface area contributed by atoms with Gasteiger partial charge in [-0.2, -0.15) is 5.10 Å². The zero-order valence-electron chi connectivity index (χ0n) is 10.3. The van der Waals surface area contributed by atoms with Gasteiger partial charge in [0.25, 0.3) is 0 Å². The van der Waals surface area contributed by atoms with E-state index in [0.717, 1.165) is 11.4 Å². The quantitative estimate of drug-likeness (QED) is 0.778. The van der Waals surface area contributed by atoms with E-state index in [1.165, 1.54) is 0 Å². The maximum atomic E-state index is 10.1. The summed E-state index contributed by atoms with van der Waals surface area (Å²) in [4.78, 5) is 0. The van der Waals surface area contributed by atoms with Crippen LogP contribution in [0.2, 0.25) is 0 Å². The van der Waals surface area contributed by atoms with Crippen LogP contribution in [0.4, 0.5) is 0 Å². The lowest BCUT2D eigenvalue weighted by atomic mass is 10.1. The molecule has 2 heterocycles. The van der Waals surface area contributed by atoms with Gasteiger partial charge < -0.3 is 9.52 Å². The fourth-order valence-corrected chi connectivity index (χ4v) is 1.96. The fourth-order valence-electron chi connectivity index (χ4n) is 1.96. The molecule has 1 atom stereocenters. The molecule has 2 aromatic heterocycles. The Morgan fingerprint density at radius 1 is 1.11 bits per heavy atom. The van der Waals surface area contributed by atoms with Crippen LogP contribution in [-0.4, -0.2) is 14.9 Å². The van der Waals surface area contributed by atoms with Crippen LogP contribution in [0, 0.1) is 0 Å². The van der Waals surface area contributed by atoms with Gasteiger partial charge in [-0.15, -0.1) is 0 Å². The van der Waals surface area contributed by atoms with E-state index in [0.29, 0.717) is 12.1 Å². The third kappa shape index (κ3) is 2.58. The van der Waals surface area contributed by atoms with E-state index in [2.05, 4.69) is 5.10 Å². The summed E-state index contributed by atoms with van der Waals surface area (Å²) in [7, 11) is 0. The van der Waals surface area contributed by atoms with Crippen LogP contribution in [0.15, 0.2) is 65.4 Å². The molecule has 0 saturated heterocycles. The molecule has 0 aliphatic rings. The maximum Gasteiger partial charge on any atom is 0.106 e. The Hall–Kier alpha value is -2.33. The van der Waals surface area contributed by atoms with E-state index >= 15 is 0 Å². The minimum absolute atomic E-state index is 0.429. The molecule has 4 heteroatoms. The molecule has 1 aromatic carbocycles. The highest BCUT2D eigenvalue weighted by Crippen LogP contribution is 2.18. The molecule has 0 bridgehead atoms.